The van der Waals surface area contributed by atoms with E-state index in [9.17, 15) is 4.79 Å². The predicted molar refractivity (Wildman–Crippen MR) is 99.5 cm³/mol. The maximum Gasteiger partial charge on any atom is 0.341 e. The van der Waals surface area contributed by atoms with Crippen molar-refractivity contribution in [2.24, 2.45) is 0 Å². The van der Waals surface area contributed by atoms with Gasteiger partial charge in [-0.25, -0.2) is 9.48 Å². The lowest BCUT2D eigenvalue weighted by Gasteiger charge is -2.38. The zero-order chi connectivity index (χ0) is 20.6. The lowest BCUT2D eigenvalue weighted by molar-refractivity contribution is -0.184. The van der Waals surface area contributed by atoms with E-state index in [2.05, 4.69) is 20.8 Å². The highest BCUT2D eigenvalue weighted by atomic mass is 16.6. The van der Waals surface area contributed by atoms with Gasteiger partial charge in [0.15, 0.2) is 5.82 Å². The molecule has 0 bridgehead atoms. The summed E-state index contributed by atoms with van der Waals surface area (Å²) < 4.78 is 29.5. The van der Waals surface area contributed by atoms with Crippen LogP contribution in [0.15, 0.2) is 16.7 Å². The van der Waals surface area contributed by atoms with Gasteiger partial charge in [-0.3, -0.25) is 5.32 Å². The number of nitrogens with one attached hydrogen (secondary N) is 1. The average molecular weight is 419 g/mol. The molecule has 1 spiro atoms. The first-order valence-corrected chi connectivity index (χ1v) is 10.1. The SMILES string of the molecule is COC(=O)c1ccoc1CNC1(c2nnnn2CC2CCCO2)COC2(COC2)C1. The van der Waals surface area contributed by atoms with Crippen LogP contribution in [0.2, 0.25) is 0 Å². The number of hydrogen-bond acceptors (Lipinski definition) is 10. The summed E-state index contributed by atoms with van der Waals surface area (Å²) in [7, 11) is 1.35. The van der Waals surface area contributed by atoms with Crippen LogP contribution in [0, 0.1) is 0 Å². The second-order valence-corrected chi connectivity index (χ2v) is 8.15. The van der Waals surface area contributed by atoms with E-state index in [1.165, 1.54) is 13.4 Å². The Hall–Kier alpha value is -2.34. The molecule has 2 aromatic heterocycles. The standard InChI is InChI=1S/C19H25N5O6/c1-26-16(25)14-4-6-29-15(14)7-20-19(9-18(30-12-19)10-27-11-18)17-21-22-23-24(17)8-13-3-2-5-28-13/h4,6,13,20H,2-3,5,7-12H2,1H3. The van der Waals surface area contributed by atoms with Gasteiger partial charge in [0.05, 0.1) is 52.4 Å². The smallest absolute Gasteiger partial charge is 0.341 e. The number of aromatic nitrogens is 4. The molecule has 30 heavy (non-hydrogen) atoms. The molecule has 3 fully saturated rings. The minimum atomic E-state index is -0.647. The van der Waals surface area contributed by atoms with E-state index in [0.717, 1.165) is 19.4 Å². The normalized spacial score (nSPS) is 27.4. The van der Waals surface area contributed by atoms with Gasteiger partial charge in [-0.2, -0.15) is 0 Å². The fraction of sp³-hybridized carbons (Fsp3) is 0.684. The van der Waals surface area contributed by atoms with Gasteiger partial charge in [0.1, 0.15) is 22.5 Å². The number of nitrogens with zero attached hydrogens (tertiary/aromatic N) is 4. The van der Waals surface area contributed by atoms with E-state index in [1.807, 2.05) is 0 Å². The Labute approximate surface area is 173 Å². The Morgan fingerprint density at radius 1 is 1.40 bits per heavy atom. The van der Waals surface area contributed by atoms with Crippen LogP contribution in [0.4, 0.5) is 0 Å². The monoisotopic (exact) mass is 419 g/mol. The second kappa shape index (κ2) is 7.73. The summed E-state index contributed by atoms with van der Waals surface area (Å²) >= 11 is 0. The number of hydrogen-bond donors (Lipinski definition) is 1. The minimum absolute atomic E-state index is 0.101. The number of furan rings is 1. The van der Waals surface area contributed by atoms with Gasteiger partial charge < -0.3 is 23.4 Å². The van der Waals surface area contributed by atoms with E-state index in [0.29, 0.717) is 56.5 Å². The highest BCUT2D eigenvalue weighted by Crippen LogP contribution is 2.43. The Morgan fingerprint density at radius 2 is 2.30 bits per heavy atom. The molecule has 0 radical (unpaired) electrons. The lowest BCUT2D eigenvalue weighted by atomic mass is 9.86. The summed E-state index contributed by atoms with van der Waals surface area (Å²) in [5.74, 6) is 0.738. The topological polar surface area (TPSA) is 123 Å². The fourth-order valence-electron chi connectivity index (χ4n) is 4.45. The quantitative estimate of drug-likeness (QED) is 0.631. The van der Waals surface area contributed by atoms with Crippen LogP contribution < -0.4 is 5.32 Å². The molecule has 3 saturated heterocycles. The van der Waals surface area contributed by atoms with Gasteiger partial charge in [0, 0.05) is 13.0 Å². The third kappa shape index (κ3) is 3.41. The summed E-state index contributed by atoms with van der Waals surface area (Å²) in [6.45, 7) is 3.12. The van der Waals surface area contributed by atoms with Gasteiger partial charge in [0.25, 0.3) is 0 Å². The Balaban J connectivity index is 1.41. The van der Waals surface area contributed by atoms with Gasteiger partial charge in [-0.05, 0) is 29.3 Å². The van der Waals surface area contributed by atoms with Crippen molar-refractivity contribution in [3.63, 3.8) is 0 Å². The summed E-state index contributed by atoms with van der Waals surface area (Å²) in [6, 6.07) is 1.60. The van der Waals surface area contributed by atoms with Gasteiger partial charge in [0.2, 0.25) is 0 Å². The number of ether oxygens (including phenoxy) is 4. The minimum Gasteiger partial charge on any atom is -0.467 e. The number of tetrazole rings is 1. The molecule has 11 nitrogen and oxygen atoms in total. The second-order valence-electron chi connectivity index (χ2n) is 8.15. The molecule has 1 N–H and O–H groups in total. The van der Waals surface area contributed by atoms with Crippen molar-refractivity contribution in [2.75, 3.05) is 33.5 Å². The third-order valence-corrected chi connectivity index (χ3v) is 6.08. The molecule has 0 saturated carbocycles. The summed E-state index contributed by atoms with van der Waals surface area (Å²) in [4.78, 5) is 12.0. The van der Waals surface area contributed by atoms with Crippen LogP contribution in [0.25, 0.3) is 0 Å². The molecule has 162 valence electrons. The molecule has 2 aromatic rings. The van der Waals surface area contributed by atoms with Crippen LogP contribution in [0.5, 0.6) is 0 Å². The molecule has 0 aliphatic carbocycles. The summed E-state index contributed by atoms with van der Waals surface area (Å²) in [6.07, 6.45) is 4.26. The van der Waals surface area contributed by atoms with Crippen LogP contribution >= 0.6 is 0 Å². The first-order valence-electron chi connectivity index (χ1n) is 10.1. The van der Waals surface area contributed by atoms with Crippen molar-refractivity contribution in [3.05, 3.63) is 29.5 Å². The molecule has 3 aliphatic rings. The lowest BCUT2D eigenvalue weighted by Crippen LogP contribution is -2.52. The highest BCUT2D eigenvalue weighted by Gasteiger charge is 2.56. The molecule has 5 rings (SSSR count). The number of carbonyl (C=O) groups is 1. The third-order valence-electron chi connectivity index (χ3n) is 6.08. The van der Waals surface area contributed by atoms with Crippen molar-refractivity contribution < 1.29 is 28.2 Å². The zero-order valence-electron chi connectivity index (χ0n) is 16.8. The Bertz CT molecular complexity index is 903. The highest BCUT2D eigenvalue weighted by molar-refractivity contribution is 5.90. The maximum atomic E-state index is 12.0. The molecule has 2 atom stereocenters. The van der Waals surface area contributed by atoms with Gasteiger partial charge in [-0.1, -0.05) is 0 Å². The van der Waals surface area contributed by atoms with E-state index in [-0.39, 0.29) is 11.7 Å². The number of rotatable bonds is 7. The largest absolute Gasteiger partial charge is 0.467 e. The number of carbonyl (C=O) groups excluding carboxylic acids is 1. The van der Waals surface area contributed by atoms with Crippen LogP contribution in [0.1, 0.15) is 41.2 Å². The molecular weight excluding hydrogens is 394 g/mol. The zero-order valence-corrected chi connectivity index (χ0v) is 16.8. The van der Waals surface area contributed by atoms with E-state index < -0.39 is 11.5 Å². The van der Waals surface area contributed by atoms with Crippen molar-refractivity contribution in [1.82, 2.24) is 25.5 Å². The van der Waals surface area contributed by atoms with Crippen molar-refractivity contribution in [1.29, 1.82) is 0 Å². The number of methoxy groups -OCH3 is 1. The van der Waals surface area contributed by atoms with Crippen LogP contribution in [0.3, 0.4) is 0 Å². The molecule has 3 aliphatic heterocycles. The van der Waals surface area contributed by atoms with E-state index >= 15 is 0 Å². The first-order chi connectivity index (χ1) is 14.6. The first kappa shape index (κ1) is 19.6. The maximum absolute atomic E-state index is 12.0. The van der Waals surface area contributed by atoms with Crippen molar-refractivity contribution >= 4 is 5.97 Å². The molecule has 0 aromatic carbocycles. The molecular formula is C19H25N5O6. The van der Waals surface area contributed by atoms with Crippen molar-refractivity contribution in [2.45, 2.75) is 49.6 Å². The van der Waals surface area contributed by atoms with Crippen LogP contribution in [-0.4, -0.2) is 71.4 Å². The number of esters is 1. The van der Waals surface area contributed by atoms with Crippen LogP contribution in [-0.2, 0) is 37.6 Å². The molecule has 2 unspecified atom stereocenters. The predicted octanol–water partition coefficient (Wildman–Crippen LogP) is 0.406. The fourth-order valence-corrected chi connectivity index (χ4v) is 4.45. The molecule has 0 amide bonds. The molecule has 5 heterocycles. The molecule has 11 heteroatoms. The van der Waals surface area contributed by atoms with Crippen molar-refractivity contribution in [3.8, 4) is 0 Å². The Kier molecular flexibility index (Phi) is 5.05. The summed E-state index contributed by atoms with van der Waals surface area (Å²) in [5.41, 5.74) is -0.603. The summed E-state index contributed by atoms with van der Waals surface area (Å²) in [5, 5.41) is 16.0. The average Bonchev–Trinajstić information content (AvgIpc) is 3.51. The van der Waals surface area contributed by atoms with Gasteiger partial charge >= 0.3 is 5.97 Å². The van der Waals surface area contributed by atoms with E-state index in [1.54, 1.807) is 10.7 Å². The van der Waals surface area contributed by atoms with E-state index in [4.69, 9.17) is 23.4 Å². The van der Waals surface area contributed by atoms with Gasteiger partial charge in [-0.15, -0.1) is 5.10 Å². The Morgan fingerprint density at radius 3 is 3.00 bits per heavy atom.